The first kappa shape index (κ1) is 20.3. The number of aliphatic hydroxyl groups excluding tert-OH is 1. The Kier molecular flexibility index (Phi) is 7.50. The minimum atomic E-state index is -0.258. The summed E-state index contributed by atoms with van der Waals surface area (Å²) in [5, 5.41) is 17.9. The molecule has 0 aliphatic carbocycles. The van der Waals surface area contributed by atoms with Crippen molar-refractivity contribution < 1.29 is 9.90 Å². The fourth-order valence-corrected chi connectivity index (χ4v) is 3.09. The van der Waals surface area contributed by atoms with Crippen LogP contribution in [-0.2, 0) is 0 Å². The van der Waals surface area contributed by atoms with Crippen LogP contribution in [0.1, 0.15) is 13.8 Å². The van der Waals surface area contributed by atoms with Gasteiger partial charge in [-0.25, -0.2) is 14.8 Å². The largest absolute Gasteiger partial charge is 0.395 e. The van der Waals surface area contributed by atoms with Gasteiger partial charge in [0.05, 0.1) is 11.5 Å². The van der Waals surface area contributed by atoms with E-state index in [-0.39, 0.29) is 18.7 Å². The van der Waals surface area contributed by atoms with Crippen LogP contribution in [0.25, 0.3) is 11.4 Å². The van der Waals surface area contributed by atoms with Crippen molar-refractivity contribution in [3.63, 3.8) is 0 Å². The molecule has 1 aromatic carbocycles. The molecule has 2 aromatic rings. The number of nitrogens with one attached hydrogen (secondary N) is 3. The standard InChI is InChI=1S/C17H22ClN5O2S/c1-10(2)20-17(25)21-12-6-4-11(5-7-12)15-22-14(18)13(26-3)16(23-15)19-8-9-24/h4-7,10,24H,8-9H2,1-3H3,(H,19,22,23)(H2,20,21,25). The highest BCUT2D eigenvalue weighted by molar-refractivity contribution is 7.98. The van der Waals surface area contributed by atoms with Gasteiger partial charge in [-0.2, -0.15) is 0 Å². The number of hydrogen-bond acceptors (Lipinski definition) is 6. The van der Waals surface area contributed by atoms with Crippen molar-refractivity contribution >= 4 is 40.9 Å². The summed E-state index contributed by atoms with van der Waals surface area (Å²) in [5.41, 5.74) is 1.43. The minimum Gasteiger partial charge on any atom is -0.395 e. The quantitative estimate of drug-likeness (QED) is 0.423. The lowest BCUT2D eigenvalue weighted by atomic mass is 10.2. The summed E-state index contributed by atoms with van der Waals surface area (Å²) in [7, 11) is 0. The highest BCUT2D eigenvalue weighted by Gasteiger charge is 2.13. The predicted molar refractivity (Wildman–Crippen MR) is 107 cm³/mol. The van der Waals surface area contributed by atoms with Crippen LogP contribution in [0.15, 0.2) is 29.2 Å². The van der Waals surface area contributed by atoms with E-state index in [9.17, 15) is 4.79 Å². The van der Waals surface area contributed by atoms with Gasteiger partial charge in [0.15, 0.2) is 5.82 Å². The number of hydrogen-bond donors (Lipinski definition) is 4. The first-order chi connectivity index (χ1) is 12.4. The van der Waals surface area contributed by atoms with E-state index in [2.05, 4.69) is 25.9 Å². The Bertz CT molecular complexity index is 756. The van der Waals surface area contributed by atoms with Crippen molar-refractivity contribution in [2.24, 2.45) is 0 Å². The van der Waals surface area contributed by atoms with Crippen LogP contribution in [-0.4, -0.2) is 46.6 Å². The molecular formula is C17H22ClN5O2S. The molecule has 26 heavy (non-hydrogen) atoms. The Hall–Kier alpha value is -2.03. The molecular weight excluding hydrogens is 374 g/mol. The van der Waals surface area contributed by atoms with Gasteiger partial charge in [-0.1, -0.05) is 11.6 Å². The van der Waals surface area contributed by atoms with Gasteiger partial charge >= 0.3 is 6.03 Å². The summed E-state index contributed by atoms with van der Waals surface area (Å²) in [6.45, 7) is 4.15. The third-order valence-electron chi connectivity index (χ3n) is 3.25. The van der Waals surface area contributed by atoms with Crippen LogP contribution in [0.5, 0.6) is 0 Å². The fraction of sp³-hybridized carbons (Fsp3) is 0.353. The van der Waals surface area contributed by atoms with E-state index >= 15 is 0 Å². The van der Waals surface area contributed by atoms with Crippen molar-refractivity contribution in [1.82, 2.24) is 15.3 Å². The molecule has 0 aliphatic rings. The molecule has 4 N–H and O–H groups in total. The van der Waals surface area contributed by atoms with Crippen LogP contribution in [0.4, 0.5) is 16.3 Å². The summed E-state index contributed by atoms with van der Waals surface area (Å²) >= 11 is 7.71. The molecule has 1 aromatic heterocycles. The average Bonchev–Trinajstić information content (AvgIpc) is 2.59. The molecule has 1 heterocycles. The van der Waals surface area contributed by atoms with E-state index in [4.69, 9.17) is 16.7 Å². The van der Waals surface area contributed by atoms with Gasteiger partial charge in [-0.15, -0.1) is 11.8 Å². The van der Waals surface area contributed by atoms with Crippen molar-refractivity contribution in [3.8, 4) is 11.4 Å². The number of nitrogens with zero attached hydrogens (tertiary/aromatic N) is 2. The average molecular weight is 396 g/mol. The highest BCUT2D eigenvalue weighted by atomic mass is 35.5. The Morgan fingerprint density at radius 3 is 2.54 bits per heavy atom. The first-order valence-electron chi connectivity index (χ1n) is 8.08. The molecule has 0 spiro atoms. The van der Waals surface area contributed by atoms with Crippen LogP contribution in [0.3, 0.4) is 0 Å². The molecule has 2 amide bonds. The topological polar surface area (TPSA) is 99.2 Å². The smallest absolute Gasteiger partial charge is 0.319 e. The number of anilines is 2. The Morgan fingerprint density at radius 1 is 1.27 bits per heavy atom. The molecule has 9 heteroatoms. The second kappa shape index (κ2) is 9.61. The molecule has 7 nitrogen and oxygen atoms in total. The van der Waals surface area contributed by atoms with Crippen molar-refractivity contribution in [1.29, 1.82) is 0 Å². The van der Waals surface area contributed by atoms with Crippen molar-refractivity contribution in [3.05, 3.63) is 29.4 Å². The van der Waals surface area contributed by atoms with Gasteiger partial charge in [0, 0.05) is 23.8 Å². The molecule has 0 aliphatic heterocycles. The van der Waals surface area contributed by atoms with Gasteiger partial charge in [0.1, 0.15) is 11.0 Å². The minimum absolute atomic E-state index is 0.0103. The maximum absolute atomic E-state index is 11.7. The van der Waals surface area contributed by atoms with Crippen LogP contribution < -0.4 is 16.0 Å². The van der Waals surface area contributed by atoms with Gasteiger partial charge in [0.2, 0.25) is 0 Å². The lowest BCUT2D eigenvalue weighted by Crippen LogP contribution is -2.34. The van der Waals surface area contributed by atoms with Gasteiger partial charge in [0.25, 0.3) is 0 Å². The lowest BCUT2D eigenvalue weighted by molar-refractivity contribution is 0.250. The lowest BCUT2D eigenvalue weighted by Gasteiger charge is -2.12. The summed E-state index contributed by atoms with van der Waals surface area (Å²) in [5.74, 6) is 1.05. The Morgan fingerprint density at radius 2 is 1.96 bits per heavy atom. The van der Waals surface area contributed by atoms with E-state index < -0.39 is 0 Å². The monoisotopic (exact) mass is 395 g/mol. The number of carbonyl (C=O) groups excluding carboxylic acids is 1. The molecule has 0 saturated heterocycles. The SMILES string of the molecule is CSc1c(Cl)nc(-c2ccc(NC(=O)NC(C)C)cc2)nc1NCCO. The van der Waals surface area contributed by atoms with E-state index in [0.29, 0.717) is 29.0 Å². The van der Waals surface area contributed by atoms with Crippen molar-refractivity contribution in [2.45, 2.75) is 24.8 Å². The van der Waals surface area contributed by atoms with Gasteiger partial charge in [-0.05, 0) is 44.4 Å². The summed E-state index contributed by atoms with van der Waals surface area (Å²) in [6, 6.07) is 6.97. The van der Waals surface area contributed by atoms with E-state index in [1.165, 1.54) is 11.8 Å². The number of carbonyl (C=O) groups is 1. The van der Waals surface area contributed by atoms with Crippen molar-refractivity contribution in [2.75, 3.05) is 30.0 Å². The molecule has 2 rings (SSSR count). The first-order valence-corrected chi connectivity index (χ1v) is 9.69. The molecule has 0 atom stereocenters. The zero-order valence-corrected chi connectivity index (χ0v) is 16.4. The predicted octanol–water partition coefficient (Wildman–Crippen LogP) is 3.45. The number of halogens is 1. The molecule has 0 saturated carbocycles. The molecule has 0 bridgehead atoms. The normalized spacial score (nSPS) is 10.7. The number of aliphatic hydroxyl groups is 1. The van der Waals surface area contributed by atoms with Gasteiger partial charge in [-0.3, -0.25) is 0 Å². The van der Waals surface area contributed by atoms with Crippen LogP contribution in [0, 0.1) is 0 Å². The third kappa shape index (κ3) is 5.48. The number of urea groups is 1. The number of rotatable bonds is 7. The highest BCUT2D eigenvalue weighted by Crippen LogP contribution is 2.32. The Balaban J connectivity index is 2.22. The number of aromatic nitrogens is 2. The van der Waals surface area contributed by atoms with E-state index in [1.807, 2.05) is 32.2 Å². The van der Waals surface area contributed by atoms with E-state index in [0.717, 1.165) is 10.5 Å². The Labute approximate surface area is 162 Å². The van der Waals surface area contributed by atoms with Gasteiger partial charge < -0.3 is 21.1 Å². The molecule has 0 radical (unpaired) electrons. The van der Waals surface area contributed by atoms with Crippen LogP contribution >= 0.6 is 23.4 Å². The molecule has 0 fully saturated rings. The second-order valence-electron chi connectivity index (χ2n) is 5.70. The third-order valence-corrected chi connectivity index (χ3v) is 4.43. The summed E-state index contributed by atoms with van der Waals surface area (Å²) in [4.78, 5) is 21.3. The zero-order chi connectivity index (χ0) is 19.1. The van der Waals surface area contributed by atoms with E-state index in [1.54, 1.807) is 12.1 Å². The molecule has 0 unspecified atom stereocenters. The van der Waals surface area contributed by atoms with Crippen LogP contribution in [0.2, 0.25) is 5.15 Å². The number of amides is 2. The zero-order valence-electron chi connectivity index (χ0n) is 14.8. The number of benzene rings is 1. The number of thioether (sulfide) groups is 1. The maximum atomic E-state index is 11.7. The maximum Gasteiger partial charge on any atom is 0.319 e. The second-order valence-corrected chi connectivity index (χ2v) is 6.88. The fourth-order valence-electron chi connectivity index (χ4n) is 2.16. The summed E-state index contributed by atoms with van der Waals surface area (Å²) < 4.78 is 0. The summed E-state index contributed by atoms with van der Waals surface area (Å²) in [6.07, 6.45) is 1.89. The molecule has 140 valence electrons.